The molecule has 0 saturated carbocycles. The quantitative estimate of drug-likeness (QED) is 0.940. The van der Waals surface area contributed by atoms with Crippen molar-refractivity contribution in [2.24, 2.45) is 5.73 Å². The molecule has 0 bridgehead atoms. The van der Waals surface area contributed by atoms with Crippen molar-refractivity contribution >= 4 is 11.6 Å². The van der Waals surface area contributed by atoms with Crippen molar-refractivity contribution in [2.75, 3.05) is 6.79 Å². The molecule has 1 aliphatic heterocycles. The fourth-order valence-electron chi connectivity index (χ4n) is 1.96. The number of rotatable bonds is 4. The molecular formula is C15H14ClNO3. The molecule has 0 unspecified atom stereocenters. The van der Waals surface area contributed by atoms with Gasteiger partial charge in [0, 0.05) is 23.2 Å². The van der Waals surface area contributed by atoms with Gasteiger partial charge in [0.05, 0.1) is 0 Å². The van der Waals surface area contributed by atoms with Crippen LogP contribution in [0.2, 0.25) is 5.02 Å². The zero-order valence-corrected chi connectivity index (χ0v) is 11.5. The Kier molecular flexibility index (Phi) is 3.67. The third kappa shape index (κ3) is 2.66. The second kappa shape index (κ2) is 5.61. The molecule has 0 spiro atoms. The molecule has 0 radical (unpaired) electrons. The zero-order chi connectivity index (χ0) is 13.9. The summed E-state index contributed by atoms with van der Waals surface area (Å²) in [4.78, 5) is 0. The van der Waals surface area contributed by atoms with Crippen LogP contribution in [0.25, 0.3) is 0 Å². The van der Waals surface area contributed by atoms with Gasteiger partial charge in [-0.3, -0.25) is 0 Å². The maximum Gasteiger partial charge on any atom is 0.231 e. The van der Waals surface area contributed by atoms with Crippen LogP contribution in [0.3, 0.4) is 0 Å². The Hall–Kier alpha value is -1.91. The third-order valence-electron chi connectivity index (χ3n) is 3.09. The van der Waals surface area contributed by atoms with E-state index in [9.17, 15) is 0 Å². The molecule has 1 heterocycles. The first-order valence-electron chi connectivity index (χ1n) is 6.26. The van der Waals surface area contributed by atoms with Crippen LogP contribution in [0.15, 0.2) is 36.4 Å². The van der Waals surface area contributed by atoms with E-state index in [-0.39, 0.29) is 6.79 Å². The van der Waals surface area contributed by atoms with Gasteiger partial charge in [-0.1, -0.05) is 23.7 Å². The Morgan fingerprint density at radius 1 is 1.10 bits per heavy atom. The standard InChI is InChI=1S/C15H14ClNO3/c16-13-5-10(7-17)1-2-11(13)8-18-12-3-4-14-15(6-12)20-9-19-14/h1-6H,7-9,17H2. The predicted molar refractivity (Wildman–Crippen MR) is 76.2 cm³/mol. The highest BCUT2D eigenvalue weighted by molar-refractivity contribution is 6.31. The Bertz CT molecular complexity index is 631. The summed E-state index contributed by atoms with van der Waals surface area (Å²) in [5.74, 6) is 2.16. The minimum Gasteiger partial charge on any atom is -0.489 e. The molecule has 5 heteroatoms. The van der Waals surface area contributed by atoms with E-state index in [4.69, 9.17) is 31.5 Å². The minimum absolute atomic E-state index is 0.255. The van der Waals surface area contributed by atoms with Crippen LogP contribution < -0.4 is 19.9 Å². The number of fused-ring (bicyclic) bond motifs is 1. The van der Waals surface area contributed by atoms with Gasteiger partial charge in [-0.25, -0.2) is 0 Å². The van der Waals surface area contributed by atoms with Gasteiger partial charge in [0.2, 0.25) is 6.79 Å². The van der Waals surface area contributed by atoms with Gasteiger partial charge < -0.3 is 19.9 Å². The largest absolute Gasteiger partial charge is 0.489 e. The van der Waals surface area contributed by atoms with E-state index in [2.05, 4.69) is 0 Å². The van der Waals surface area contributed by atoms with Crippen molar-refractivity contribution in [1.29, 1.82) is 0 Å². The summed E-state index contributed by atoms with van der Waals surface area (Å²) in [7, 11) is 0. The lowest BCUT2D eigenvalue weighted by Crippen LogP contribution is -2.00. The summed E-state index contributed by atoms with van der Waals surface area (Å²) in [5.41, 5.74) is 7.49. The number of halogens is 1. The second-order valence-corrected chi connectivity index (χ2v) is 4.84. The fourth-order valence-corrected chi connectivity index (χ4v) is 2.22. The molecule has 104 valence electrons. The lowest BCUT2D eigenvalue weighted by Gasteiger charge is -2.09. The molecule has 0 amide bonds. The minimum atomic E-state index is 0.255. The van der Waals surface area contributed by atoms with Crippen molar-refractivity contribution in [3.63, 3.8) is 0 Å². The summed E-state index contributed by atoms with van der Waals surface area (Å²) in [5, 5.41) is 0.661. The molecule has 0 fully saturated rings. The summed E-state index contributed by atoms with van der Waals surface area (Å²) in [6, 6.07) is 11.2. The van der Waals surface area contributed by atoms with Gasteiger partial charge in [-0.05, 0) is 23.8 Å². The molecule has 2 aromatic carbocycles. The summed E-state index contributed by atoms with van der Waals surface area (Å²) in [6.45, 7) is 1.12. The van der Waals surface area contributed by atoms with E-state index >= 15 is 0 Å². The van der Waals surface area contributed by atoms with E-state index in [0.29, 0.717) is 29.7 Å². The normalized spacial score (nSPS) is 12.5. The van der Waals surface area contributed by atoms with Gasteiger partial charge in [0.1, 0.15) is 12.4 Å². The van der Waals surface area contributed by atoms with Crippen LogP contribution in [0.5, 0.6) is 17.2 Å². The zero-order valence-electron chi connectivity index (χ0n) is 10.8. The summed E-state index contributed by atoms with van der Waals surface area (Å²) < 4.78 is 16.3. The van der Waals surface area contributed by atoms with Gasteiger partial charge >= 0.3 is 0 Å². The smallest absolute Gasteiger partial charge is 0.231 e. The van der Waals surface area contributed by atoms with E-state index in [1.165, 1.54) is 0 Å². The maximum absolute atomic E-state index is 6.19. The summed E-state index contributed by atoms with van der Waals surface area (Å²) in [6.07, 6.45) is 0. The van der Waals surface area contributed by atoms with Crippen molar-refractivity contribution in [3.8, 4) is 17.2 Å². The van der Waals surface area contributed by atoms with Gasteiger partial charge in [-0.2, -0.15) is 0 Å². The Labute approximate surface area is 122 Å². The average Bonchev–Trinajstić information content (AvgIpc) is 2.93. The average molecular weight is 292 g/mol. The van der Waals surface area contributed by atoms with E-state index in [1.54, 1.807) is 0 Å². The highest BCUT2D eigenvalue weighted by Gasteiger charge is 2.13. The molecular weight excluding hydrogens is 278 g/mol. The molecule has 0 atom stereocenters. The first-order valence-corrected chi connectivity index (χ1v) is 6.64. The molecule has 20 heavy (non-hydrogen) atoms. The van der Waals surface area contributed by atoms with Crippen molar-refractivity contribution < 1.29 is 14.2 Å². The van der Waals surface area contributed by atoms with Crippen LogP contribution in [0.4, 0.5) is 0 Å². The Balaban J connectivity index is 1.70. The highest BCUT2D eigenvalue weighted by atomic mass is 35.5. The molecule has 3 rings (SSSR count). The molecule has 1 aliphatic rings. The number of nitrogens with two attached hydrogens (primary N) is 1. The molecule has 2 N–H and O–H groups in total. The van der Waals surface area contributed by atoms with Crippen molar-refractivity contribution in [3.05, 3.63) is 52.5 Å². The maximum atomic E-state index is 6.19. The monoisotopic (exact) mass is 291 g/mol. The van der Waals surface area contributed by atoms with Crippen LogP contribution in [0.1, 0.15) is 11.1 Å². The number of ether oxygens (including phenoxy) is 3. The topological polar surface area (TPSA) is 53.7 Å². The molecule has 0 aromatic heterocycles. The number of hydrogen-bond acceptors (Lipinski definition) is 4. The molecule has 4 nitrogen and oxygen atoms in total. The fraction of sp³-hybridized carbons (Fsp3) is 0.200. The third-order valence-corrected chi connectivity index (χ3v) is 3.44. The van der Waals surface area contributed by atoms with Gasteiger partial charge in [0.15, 0.2) is 11.5 Å². The Morgan fingerprint density at radius 3 is 2.75 bits per heavy atom. The summed E-state index contributed by atoms with van der Waals surface area (Å²) >= 11 is 6.19. The van der Waals surface area contributed by atoms with Crippen molar-refractivity contribution in [1.82, 2.24) is 0 Å². The van der Waals surface area contributed by atoms with Crippen LogP contribution in [-0.2, 0) is 13.2 Å². The molecule has 2 aromatic rings. The predicted octanol–water partition coefficient (Wildman–Crippen LogP) is 3.11. The van der Waals surface area contributed by atoms with Crippen LogP contribution in [-0.4, -0.2) is 6.79 Å². The van der Waals surface area contributed by atoms with E-state index in [0.717, 1.165) is 16.9 Å². The van der Waals surface area contributed by atoms with Gasteiger partial charge in [0.25, 0.3) is 0 Å². The van der Waals surface area contributed by atoms with Crippen LogP contribution >= 0.6 is 11.6 Å². The SMILES string of the molecule is NCc1ccc(COc2ccc3c(c2)OCO3)c(Cl)c1. The first kappa shape index (κ1) is 13.1. The highest BCUT2D eigenvalue weighted by Crippen LogP contribution is 2.35. The van der Waals surface area contributed by atoms with Gasteiger partial charge in [-0.15, -0.1) is 0 Å². The van der Waals surface area contributed by atoms with E-state index < -0.39 is 0 Å². The second-order valence-electron chi connectivity index (χ2n) is 4.43. The van der Waals surface area contributed by atoms with E-state index in [1.807, 2.05) is 36.4 Å². The number of hydrogen-bond donors (Lipinski definition) is 1. The van der Waals surface area contributed by atoms with Crippen molar-refractivity contribution in [2.45, 2.75) is 13.2 Å². The lowest BCUT2D eigenvalue weighted by atomic mass is 10.1. The first-order chi connectivity index (χ1) is 9.76. The Morgan fingerprint density at radius 2 is 1.95 bits per heavy atom. The molecule has 0 saturated heterocycles. The lowest BCUT2D eigenvalue weighted by molar-refractivity contribution is 0.173. The number of benzene rings is 2. The molecule has 0 aliphatic carbocycles. The van der Waals surface area contributed by atoms with Crippen LogP contribution in [0, 0.1) is 0 Å².